The van der Waals surface area contributed by atoms with E-state index in [1.807, 2.05) is 15.2 Å². The highest BCUT2D eigenvalue weighted by atomic mass is 19.1. The number of rotatable bonds is 6. The van der Waals surface area contributed by atoms with Gasteiger partial charge >= 0.3 is 5.69 Å². The van der Waals surface area contributed by atoms with E-state index in [1.165, 1.54) is 25.7 Å². The maximum absolute atomic E-state index is 14.6. The highest BCUT2D eigenvalue weighted by Gasteiger charge is 2.32. The fourth-order valence-corrected chi connectivity index (χ4v) is 6.68. The molecular weight excluding hydrogens is 443 g/mol. The molecule has 2 saturated heterocycles. The maximum atomic E-state index is 14.6. The van der Waals surface area contributed by atoms with Crippen LogP contribution in [0.4, 0.5) is 4.39 Å². The fraction of sp³-hybridized carbons (Fsp3) is 0.750. The summed E-state index contributed by atoms with van der Waals surface area (Å²) in [6.07, 6.45) is 7.30. The molecule has 6 nitrogen and oxygen atoms in total. The summed E-state index contributed by atoms with van der Waals surface area (Å²) < 4.78 is 23.8. The largest absolute Gasteiger partial charge is 0.379 e. The summed E-state index contributed by atoms with van der Waals surface area (Å²) in [6, 6.07) is 4.35. The smallest absolute Gasteiger partial charge is 0.329 e. The van der Waals surface area contributed by atoms with Crippen LogP contribution in [0.25, 0.3) is 11.0 Å². The first kappa shape index (κ1) is 25.0. The number of halogens is 1. The summed E-state index contributed by atoms with van der Waals surface area (Å²) in [6.45, 7) is 13.2. The zero-order chi connectivity index (χ0) is 24.5. The zero-order valence-corrected chi connectivity index (χ0v) is 21.8. The Labute approximate surface area is 209 Å². The third kappa shape index (κ3) is 5.23. The Balaban J connectivity index is 1.32. The van der Waals surface area contributed by atoms with Gasteiger partial charge in [-0.1, -0.05) is 13.8 Å². The number of ether oxygens (including phenoxy) is 1. The van der Waals surface area contributed by atoms with E-state index in [9.17, 15) is 9.18 Å². The maximum Gasteiger partial charge on any atom is 0.329 e. The Morgan fingerprint density at radius 1 is 0.914 bits per heavy atom. The number of nitrogens with zero attached hydrogens (tertiary/aromatic N) is 4. The molecule has 3 fully saturated rings. The fourth-order valence-electron chi connectivity index (χ4n) is 6.68. The molecule has 1 aromatic heterocycles. The van der Waals surface area contributed by atoms with Crippen molar-refractivity contribution >= 4 is 11.0 Å². The minimum absolute atomic E-state index is 0.0224. The van der Waals surface area contributed by atoms with Gasteiger partial charge in [0, 0.05) is 57.4 Å². The summed E-state index contributed by atoms with van der Waals surface area (Å²) >= 11 is 0. The second-order valence-electron chi connectivity index (χ2n) is 11.4. The molecule has 0 unspecified atom stereocenters. The van der Waals surface area contributed by atoms with Gasteiger partial charge in [0.25, 0.3) is 0 Å². The van der Waals surface area contributed by atoms with Gasteiger partial charge in [-0.25, -0.2) is 9.18 Å². The first-order valence-electron chi connectivity index (χ1n) is 13.9. The van der Waals surface area contributed by atoms with Crippen molar-refractivity contribution < 1.29 is 9.13 Å². The van der Waals surface area contributed by atoms with Gasteiger partial charge in [0.05, 0.1) is 24.2 Å². The molecule has 1 aliphatic carbocycles. The number of morpholine rings is 1. The summed E-state index contributed by atoms with van der Waals surface area (Å²) in [7, 11) is 0. The van der Waals surface area contributed by atoms with Crippen LogP contribution in [0.2, 0.25) is 0 Å². The molecule has 194 valence electrons. The van der Waals surface area contributed by atoms with E-state index in [2.05, 4.69) is 23.6 Å². The van der Waals surface area contributed by atoms with Gasteiger partial charge in [-0.3, -0.25) is 14.0 Å². The van der Waals surface area contributed by atoms with Gasteiger partial charge < -0.3 is 9.64 Å². The molecule has 7 heteroatoms. The van der Waals surface area contributed by atoms with Crippen LogP contribution in [0.1, 0.15) is 64.0 Å². The normalized spacial score (nSPS) is 25.6. The second-order valence-corrected chi connectivity index (χ2v) is 11.4. The number of aromatic nitrogens is 2. The minimum Gasteiger partial charge on any atom is -0.379 e. The molecule has 2 aromatic rings. The Morgan fingerprint density at radius 3 is 2.26 bits per heavy atom. The van der Waals surface area contributed by atoms with E-state index in [0.717, 1.165) is 81.6 Å². The molecule has 0 atom stereocenters. The molecule has 2 aliphatic heterocycles. The predicted octanol–water partition coefficient (Wildman–Crippen LogP) is 4.43. The van der Waals surface area contributed by atoms with Crippen LogP contribution in [-0.4, -0.2) is 70.9 Å². The molecular formula is C28H43FN4O2. The lowest BCUT2D eigenvalue weighted by atomic mass is 9.79. The molecule has 3 aliphatic rings. The lowest BCUT2D eigenvalue weighted by Gasteiger charge is -2.41. The number of hydrogen-bond acceptors (Lipinski definition) is 4. The monoisotopic (exact) mass is 486 g/mol. The molecule has 0 N–H and O–H groups in total. The van der Waals surface area contributed by atoms with Gasteiger partial charge in [0.2, 0.25) is 0 Å². The quantitative estimate of drug-likeness (QED) is 0.606. The molecule has 1 aromatic carbocycles. The first-order chi connectivity index (χ1) is 16.9. The number of imidazole rings is 1. The van der Waals surface area contributed by atoms with Crippen LogP contribution in [0, 0.1) is 24.6 Å². The van der Waals surface area contributed by atoms with Crippen molar-refractivity contribution in [2.24, 2.45) is 11.8 Å². The Hall–Kier alpha value is -1.70. The summed E-state index contributed by atoms with van der Waals surface area (Å²) in [5, 5.41) is 0. The number of fused-ring (bicyclic) bond motifs is 1. The van der Waals surface area contributed by atoms with Crippen molar-refractivity contribution in [1.82, 2.24) is 18.9 Å². The average molecular weight is 487 g/mol. The molecule has 5 rings (SSSR count). The zero-order valence-electron chi connectivity index (χ0n) is 21.8. The number of piperidine rings is 1. The highest BCUT2D eigenvalue weighted by Crippen LogP contribution is 2.35. The van der Waals surface area contributed by atoms with E-state index >= 15 is 0 Å². The van der Waals surface area contributed by atoms with Crippen LogP contribution in [0.3, 0.4) is 0 Å². The van der Waals surface area contributed by atoms with E-state index < -0.39 is 0 Å². The number of aryl methyl sites for hydroxylation is 1. The molecule has 0 radical (unpaired) electrons. The molecule has 1 saturated carbocycles. The van der Waals surface area contributed by atoms with Crippen molar-refractivity contribution in [1.29, 1.82) is 0 Å². The molecule has 0 spiro atoms. The van der Waals surface area contributed by atoms with Crippen molar-refractivity contribution in [3.8, 4) is 0 Å². The van der Waals surface area contributed by atoms with Crippen LogP contribution in [-0.2, 0) is 11.3 Å². The third-order valence-corrected chi connectivity index (χ3v) is 9.05. The highest BCUT2D eigenvalue weighted by molar-refractivity contribution is 5.77. The van der Waals surface area contributed by atoms with Gasteiger partial charge in [-0.15, -0.1) is 0 Å². The van der Waals surface area contributed by atoms with Gasteiger partial charge in [0.15, 0.2) is 0 Å². The minimum atomic E-state index is -0.235. The van der Waals surface area contributed by atoms with E-state index in [4.69, 9.17) is 4.74 Å². The van der Waals surface area contributed by atoms with Crippen LogP contribution >= 0.6 is 0 Å². The lowest BCUT2D eigenvalue weighted by Crippen LogP contribution is -2.45. The average Bonchev–Trinajstić information content (AvgIpc) is 3.13. The van der Waals surface area contributed by atoms with Crippen LogP contribution < -0.4 is 5.69 Å². The van der Waals surface area contributed by atoms with E-state index in [0.29, 0.717) is 18.2 Å². The van der Waals surface area contributed by atoms with Gasteiger partial charge in [-0.2, -0.15) is 0 Å². The van der Waals surface area contributed by atoms with Crippen molar-refractivity contribution in [2.75, 3.05) is 45.9 Å². The van der Waals surface area contributed by atoms with Crippen molar-refractivity contribution in [3.05, 3.63) is 34.0 Å². The van der Waals surface area contributed by atoms with E-state index in [1.54, 1.807) is 13.0 Å². The van der Waals surface area contributed by atoms with E-state index in [-0.39, 0.29) is 17.5 Å². The number of benzene rings is 1. The second kappa shape index (κ2) is 10.7. The van der Waals surface area contributed by atoms with Gasteiger partial charge in [0.1, 0.15) is 5.82 Å². The Kier molecular flexibility index (Phi) is 7.66. The van der Waals surface area contributed by atoms with Crippen molar-refractivity contribution in [2.45, 2.75) is 77.9 Å². The molecule has 35 heavy (non-hydrogen) atoms. The van der Waals surface area contributed by atoms with Crippen LogP contribution in [0.5, 0.6) is 0 Å². The predicted molar refractivity (Wildman–Crippen MR) is 139 cm³/mol. The SMILES string of the molecule is Cc1cc2c(cc1F)n(CCN1CCOCC1)c(=O)n2C1CCN(C2CCC(C(C)C)CC2)CC1. The summed E-state index contributed by atoms with van der Waals surface area (Å²) in [4.78, 5) is 18.7. The summed E-state index contributed by atoms with van der Waals surface area (Å²) in [5.74, 6) is 1.44. The third-order valence-electron chi connectivity index (χ3n) is 9.05. The number of hydrogen-bond donors (Lipinski definition) is 0. The molecule has 0 amide bonds. The summed E-state index contributed by atoms with van der Waals surface area (Å²) in [5.41, 5.74) is 2.26. The first-order valence-corrected chi connectivity index (χ1v) is 13.9. The van der Waals surface area contributed by atoms with Gasteiger partial charge in [-0.05, 0) is 68.9 Å². The number of likely N-dealkylation sites (tertiary alicyclic amines) is 1. The lowest BCUT2D eigenvalue weighted by molar-refractivity contribution is 0.0363. The standard InChI is InChI=1S/C28H43FN4O2/c1-20(2)22-4-6-23(7-5-22)31-10-8-24(9-11-31)33-27-18-21(3)25(29)19-26(27)32(28(33)34)13-12-30-14-16-35-17-15-30/h18-20,22-24H,4-17H2,1-3H3. The molecule has 3 heterocycles. The van der Waals surface area contributed by atoms with Crippen LogP contribution in [0.15, 0.2) is 16.9 Å². The topological polar surface area (TPSA) is 42.6 Å². The Bertz CT molecular complexity index is 1060. The van der Waals surface area contributed by atoms with Crippen molar-refractivity contribution in [3.63, 3.8) is 0 Å². The Morgan fingerprint density at radius 2 is 1.60 bits per heavy atom. The molecule has 0 bridgehead atoms.